The van der Waals surface area contributed by atoms with E-state index in [0.29, 0.717) is 11.4 Å². The van der Waals surface area contributed by atoms with E-state index in [1.807, 2.05) is 12.1 Å². The SMILES string of the molecule is O=C1C2=C(C(=O)c3c(O)ccc(O)c31)N(c1cccnc1)Cc1ccccc1O2. The number of anilines is 1. The van der Waals surface area contributed by atoms with Crippen molar-refractivity contribution in [3.05, 3.63) is 89.1 Å². The van der Waals surface area contributed by atoms with Crippen molar-refractivity contribution in [2.45, 2.75) is 6.54 Å². The van der Waals surface area contributed by atoms with Gasteiger partial charge in [0.1, 0.15) is 22.9 Å². The Morgan fingerprint density at radius 1 is 0.897 bits per heavy atom. The molecule has 0 bridgehead atoms. The number of carbonyl (C=O) groups excluding carboxylic acids is 2. The van der Waals surface area contributed by atoms with Gasteiger partial charge in [0.25, 0.3) is 0 Å². The summed E-state index contributed by atoms with van der Waals surface area (Å²) in [6, 6.07) is 13.0. The Morgan fingerprint density at radius 3 is 2.34 bits per heavy atom. The molecule has 2 N–H and O–H groups in total. The number of hydrogen-bond donors (Lipinski definition) is 2. The van der Waals surface area contributed by atoms with Crippen molar-refractivity contribution >= 4 is 17.3 Å². The summed E-state index contributed by atoms with van der Waals surface area (Å²) in [5.74, 6) is -1.81. The lowest BCUT2D eigenvalue weighted by molar-refractivity contribution is 0.0931. The lowest BCUT2D eigenvalue weighted by Gasteiger charge is -2.28. The number of pyridine rings is 1. The monoisotopic (exact) mass is 386 g/mol. The fraction of sp³-hybridized carbons (Fsp3) is 0.0455. The molecule has 1 aliphatic carbocycles. The zero-order valence-electron chi connectivity index (χ0n) is 15.0. The van der Waals surface area contributed by atoms with E-state index in [2.05, 4.69) is 4.98 Å². The summed E-state index contributed by atoms with van der Waals surface area (Å²) < 4.78 is 5.90. The summed E-state index contributed by atoms with van der Waals surface area (Å²) in [6.07, 6.45) is 3.18. The van der Waals surface area contributed by atoms with Crippen molar-refractivity contribution < 1.29 is 24.5 Å². The molecule has 29 heavy (non-hydrogen) atoms. The van der Waals surface area contributed by atoms with Crippen LogP contribution in [0, 0.1) is 0 Å². The number of fused-ring (bicyclic) bond motifs is 2. The van der Waals surface area contributed by atoms with Gasteiger partial charge >= 0.3 is 0 Å². The number of phenols is 2. The Morgan fingerprint density at radius 2 is 1.62 bits per heavy atom. The Hall–Kier alpha value is -4.13. The van der Waals surface area contributed by atoms with Crippen LogP contribution in [0.1, 0.15) is 26.3 Å². The molecule has 0 spiro atoms. The number of ketones is 2. The summed E-state index contributed by atoms with van der Waals surface area (Å²) in [5, 5.41) is 20.5. The second-order valence-corrected chi connectivity index (χ2v) is 6.70. The van der Waals surface area contributed by atoms with E-state index in [1.54, 1.807) is 41.6 Å². The summed E-state index contributed by atoms with van der Waals surface area (Å²) in [5.41, 5.74) is 0.845. The Labute approximate surface area is 165 Å². The Balaban J connectivity index is 1.80. The number of para-hydroxylation sites is 1. The van der Waals surface area contributed by atoms with E-state index in [1.165, 1.54) is 12.1 Å². The van der Waals surface area contributed by atoms with E-state index >= 15 is 0 Å². The average Bonchev–Trinajstić information content (AvgIpc) is 2.92. The fourth-order valence-electron chi connectivity index (χ4n) is 3.65. The van der Waals surface area contributed by atoms with Gasteiger partial charge < -0.3 is 19.8 Å². The second kappa shape index (κ2) is 6.20. The summed E-state index contributed by atoms with van der Waals surface area (Å²) in [6.45, 7) is 0.259. The van der Waals surface area contributed by atoms with Crippen molar-refractivity contribution in [3.8, 4) is 17.2 Å². The number of allylic oxidation sites excluding steroid dienone is 2. The van der Waals surface area contributed by atoms with Gasteiger partial charge in [-0.3, -0.25) is 14.6 Å². The van der Waals surface area contributed by atoms with E-state index in [9.17, 15) is 19.8 Å². The quantitative estimate of drug-likeness (QED) is 0.620. The minimum absolute atomic E-state index is 0.00685. The first-order valence-corrected chi connectivity index (χ1v) is 8.88. The molecule has 0 saturated heterocycles. The number of hydrogen-bond acceptors (Lipinski definition) is 7. The van der Waals surface area contributed by atoms with Gasteiger partial charge in [0, 0.05) is 11.8 Å². The number of ether oxygens (including phenoxy) is 1. The fourth-order valence-corrected chi connectivity index (χ4v) is 3.65. The highest BCUT2D eigenvalue weighted by Gasteiger charge is 2.42. The van der Waals surface area contributed by atoms with Crippen LogP contribution in [-0.4, -0.2) is 26.8 Å². The molecule has 0 amide bonds. The molecular formula is C22H14N2O5. The van der Waals surface area contributed by atoms with Crippen LogP contribution in [0.4, 0.5) is 5.69 Å². The van der Waals surface area contributed by atoms with Crippen molar-refractivity contribution in [2.24, 2.45) is 0 Å². The number of aromatic nitrogens is 1. The lowest BCUT2D eigenvalue weighted by Crippen LogP contribution is -2.34. The molecule has 0 atom stereocenters. The third kappa shape index (κ3) is 2.48. The molecule has 0 radical (unpaired) electrons. The van der Waals surface area contributed by atoms with Crippen LogP contribution < -0.4 is 9.64 Å². The van der Waals surface area contributed by atoms with Crippen molar-refractivity contribution in [2.75, 3.05) is 4.90 Å². The highest BCUT2D eigenvalue weighted by Crippen LogP contribution is 2.42. The van der Waals surface area contributed by atoms with Crippen molar-refractivity contribution in [3.63, 3.8) is 0 Å². The Kier molecular flexibility index (Phi) is 3.64. The predicted octanol–water partition coefficient (Wildman–Crippen LogP) is 3.18. The van der Waals surface area contributed by atoms with Gasteiger partial charge in [-0.05, 0) is 30.3 Å². The molecule has 5 rings (SSSR count). The van der Waals surface area contributed by atoms with Crippen LogP contribution in [0.15, 0.2) is 72.4 Å². The van der Waals surface area contributed by atoms with Gasteiger partial charge in [-0.25, -0.2) is 0 Å². The van der Waals surface area contributed by atoms with Crippen LogP contribution in [-0.2, 0) is 6.54 Å². The van der Waals surface area contributed by atoms with Crippen LogP contribution in [0.25, 0.3) is 0 Å². The topological polar surface area (TPSA) is 100.0 Å². The minimum atomic E-state index is -0.673. The van der Waals surface area contributed by atoms with Crippen LogP contribution in [0.2, 0.25) is 0 Å². The van der Waals surface area contributed by atoms with Crippen molar-refractivity contribution in [1.29, 1.82) is 0 Å². The lowest BCUT2D eigenvalue weighted by atomic mass is 9.89. The van der Waals surface area contributed by atoms with Gasteiger partial charge in [0.05, 0.1) is 29.6 Å². The third-order valence-electron chi connectivity index (χ3n) is 4.99. The highest BCUT2D eigenvalue weighted by molar-refractivity contribution is 6.29. The number of Topliss-reactive ketones (excluding diaryl/α,β-unsaturated/α-hetero) is 2. The van der Waals surface area contributed by atoms with Crippen LogP contribution in [0.5, 0.6) is 17.2 Å². The number of rotatable bonds is 1. The zero-order valence-corrected chi connectivity index (χ0v) is 15.0. The molecule has 0 unspecified atom stereocenters. The molecular weight excluding hydrogens is 372 g/mol. The molecule has 142 valence electrons. The first-order valence-electron chi connectivity index (χ1n) is 8.88. The summed E-state index contributed by atoms with van der Waals surface area (Å²) in [7, 11) is 0. The second-order valence-electron chi connectivity index (χ2n) is 6.70. The molecule has 2 aromatic carbocycles. The largest absolute Gasteiger partial charge is 0.507 e. The molecule has 7 heteroatoms. The molecule has 2 heterocycles. The maximum atomic E-state index is 13.4. The Bertz CT molecular complexity index is 1220. The number of phenolic OH excluding ortho intramolecular Hbond substituents is 2. The molecule has 2 aliphatic rings. The zero-order chi connectivity index (χ0) is 20.1. The molecule has 0 saturated carbocycles. The summed E-state index contributed by atoms with van der Waals surface area (Å²) in [4.78, 5) is 32.4. The van der Waals surface area contributed by atoms with Gasteiger partial charge in [-0.1, -0.05) is 18.2 Å². The first kappa shape index (κ1) is 17.0. The number of nitrogens with zero attached hydrogens (tertiary/aromatic N) is 2. The van der Waals surface area contributed by atoms with Gasteiger partial charge in [-0.15, -0.1) is 0 Å². The maximum absolute atomic E-state index is 13.4. The summed E-state index contributed by atoms with van der Waals surface area (Å²) >= 11 is 0. The first-order chi connectivity index (χ1) is 14.1. The minimum Gasteiger partial charge on any atom is -0.507 e. The van der Waals surface area contributed by atoms with E-state index in [-0.39, 0.29) is 34.9 Å². The molecule has 3 aromatic rings. The van der Waals surface area contributed by atoms with Gasteiger partial charge in [0.15, 0.2) is 0 Å². The molecule has 1 aliphatic heterocycles. The maximum Gasteiger partial charge on any atom is 0.235 e. The number of benzene rings is 2. The smallest absolute Gasteiger partial charge is 0.235 e. The van der Waals surface area contributed by atoms with Crippen LogP contribution in [0.3, 0.4) is 0 Å². The molecule has 1 aromatic heterocycles. The normalized spacial score (nSPS) is 15.2. The van der Waals surface area contributed by atoms with E-state index in [4.69, 9.17) is 4.74 Å². The number of carbonyl (C=O) groups is 2. The van der Waals surface area contributed by atoms with E-state index in [0.717, 1.165) is 5.56 Å². The van der Waals surface area contributed by atoms with E-state index < -0.39 is 17.3 Å². The standard InChI is InChI=1S/C22H14N2O5/c25-14-7-8-15(26)18-17(14)20(27)19-22(21(18)28)29-16-6-2-1-4-12(16)11-24(19)13-5-3-9-23-10-13/h1-10,25-26H,11H2. The third-order valence-corrected chi connectivity index (χ3v) is 4.99. The number of aromatic hydroxyl groups is 2. The average molecular weight is 386 g/mol. The molecule has 7 nitrogen and oxygen atoms in total. The van der Waals surface area contributed by atoms with Crippen molar-refractivity contribution in [1.82, 2.24) is 4.98 Å². The molecule has 0 fully saturated rings. The van der Waals surface area contributed by atoms with Gasteiger partial charge in [-0.2, -0.15) is 0 Å². The highest BCUT2D eigenvalue weighted by atomic mass is 16.5. The van der Waals surface area contributed by atoms with Gasteiger partial charge in [0.2, 0.25) is 17.3 Å². The van der Waals surface area contributed by atoms with Crippen LogP contribution >= 0.6 is 0 Å². The predicted molar refractivity (Wildman–Crippen MR) is 103 cm³/mol.